The maximum Gasteiger partial charge on any atom is 0.330 e. The molecule has 59 heteroatoms. The zero-order valence-corrected chi connectivity index (χ0v) is 74.1. The molecule has 0 amide bonds. The summed E-state index contributed by atoms with van der Waals surface area (Å²) in [6.45, 7) is -14.3. The molecule has 9 aromatic rings. The van der Waals surface area contributed by atoms with Crippen molar-refractivity contribution < 1.29 is 124 Å². The molecule has 6 fully saturated rings. The van der Waals surface area contributed by atoms with E-state index in [9.17, 15) is 73.8 Å². The van der Waals surface area contributed by atoms with Crippen LogP contribution in [0.4, 0.5) is 25.8 Å². The number of quaternary nitrogens is 3. The molecule has 15 rings (SSSR count). The monoisotopic (exact) mass is 1960 g/mol. The third-order valence-electron chi connectivity index (χ3n) is 20.3. The van der Waals surface area contributed by atoms with E-state index in [2.05, 4.69) is 74.5 Å². The molecule has 131 heavy (non-hydrogen) atoms. The Morgan fingerprint density at radius 1 is 0.504 bits per heavy atom. The quantitative estimate of drug-likeness (QED) is 0.0129. The third-order valence-corrected chi connectivity index (χ3v) is 24.9. The van der Waals surface area contributed by atoms with Crippen LogP contribution in [0.25, 0.3) is 33.5 Å². The molecule has 9 unspecified atom stereocenters. The van der Waals surface area contributed by atoms with Gasteiger partial charge in [-0.05, 0) is 32.0 Å². The Balaban J connectivity index is 0.000000218. The zero-order chi connectivity index (χ0) is 91.1. The van der Waals surface area contributed by atoms with Crippen molar-refractivity contribution in [3.05, 3.63) is 155 Å². The summed E-state index contributed by atoms with van der Waals surface area (Å²) in [5, 5.41) is 61.5. The van der Waals surface area contributed by atoms with Gasteiger partial charge in [0.2, 0.25) is 0 Å². The lowest BCUT2D eigenvalue weighted by atomic mass is 10.1. The van der Waals surface area contributed by atoms with Gasteiger partial charge in [0.05, 0.1) is 81.8 Å². The van der Waals surface area contributed by atoms with Crippen molar-refractivity contribution >= 4 is 107 Å². The Hall–Kier alpha value is -9.32. The van der Waals surface area contributed by atoms with Gasteiger partial charge in [0, 0.05) is 61.8 Å². The van der Waals surface area contributed by atoms with Crippen LogP contribution in [0.2, 0.25) is 0 Å². The Morgan fingerprint density at radius 2 is 0.840 bits per heavy atom. The number of ether oxygens (including phenoxy) is 9. The molecule has 0 saturated carbocycles. The van der Waals surface area contributed by atoms with Crippen LogP contribution in [0.3, 0.4) is 0 Å². The largest absolute Gasteiger partial charge is 0.780 e. The standard InChI is InChI=1S/C24H28FN6O10PS.C24H29N6O10PS.C23H26FN6O10PS.CH4.3H3N/c1-2-3-8-37-20-19(13(9-32)39-23(20)30-7-5-15(33)29-24(30)35)41-42(36,43)38-10-14-18(34)16(25)22(40-14)31-11-28-17-12(26)4-6-27-21(17)31;1-2-3-8-36-21-20(15(10-31)39-23(21)29-7-5-17(33)28-24(29)34)40-41(35,42)37-11-16-14(32)9-18(38-16)30-12-27-19-13(25)4-6-26-22(19)30;1-2-7-36-19-18(12(8-31)38-22(19)29-6-4-14(32)28-23(29)34)40-41(35,42)37-9-13-17(33)15(24)21(39-13)30-10-27-16-11(25)3-5-26-20(16)30;;;;/h4-7,11,13-14,16,18-20,22-23,32,34H,8-10H2,1H3,(H2,26,27)(H,36,43)(H,29,33,35);4-7,12,14-16,18,20-21,23,31-32H,8-11H2,1H3,(H2,25,26)(H,35,42)(H,28,33,34);1,3-6,10,12-13,15,17-19,21-22,31,33H,7-9H2,(H2,25,26)(H,35,42)(H,28,32,34);1H4;3*1H3/t13-,14-,16+,18?,19?,20+,22-,23-,42?;14?,15-,16-,18-,20?,21+,23-,41?;12-,13-,15+,17?,18?,19+,21-,22-,41?;;;;/m111..../s1. The molecule has 9 aromatic heterocycles. The van der Waals surface area contributed by atoms with Crippen molar-refractivity contribution in [1.29, 1.82) is 0 Å². The number of nitrogens with one attached hydrogen (secondary N) is 3. The summed E-state index contributed by atoms with van der Waals surface area (Å²) in [6, 6.07) is 7.91. The van der Waals surface area contributed by atoms with Crippen molar-refractivity contribution in [2.45, 2.75) is 169 Å². The normalized spacial score (nSPS) is 29.1. The van der Waals surface area contributed by atoms with E-state index in [0.717, 1.165) is 44.3 Å². The predicted octanol–water partition coefficient (Wildman–Crippen LogP) is -2.17. The number of anilines is 3. The molecule has 6 saturated heterocycles. The first-order valence-electron chi connectivity index (χ1n) is 37.9. The van der Waals surface area contributed by atoms with Gasteiger partial charge in [-0.25, -0.2) is 53.1 Å². The highest BCUT2D eigenvalue weighted by Crippen LogP contribution is 2.53. The lowest BCUT2D eigenvalue weighted by molar-refractivity contribution is -0.219. The molecular weight excluding hydrogens is 1870 g/mol. The second kappa shape index (κ2) is 45.6. The van der Waals surface area contributed by atoms with Crippen LogP contribution in [-0.4, -0.2) is 266 Å². The lowest BCUT2D eigenvalue weighted by Crippen LogP contribution is -2.41. The molecule has 27 N–H and O–H groups in total. The topological polar surface area (TPSA) is 767 Å². The van der Waals surface area contributed by atoms with Gasteiger partial charge in [0.25, 0.3) is 16.7 Å². The number of hydrogen-bond acceptors (Lipinski definition) is 42. The number of aliphatic hydroxyl groups is 6. The highest BCUT2D eigenvalue weighted by molar-refractivity contribution is 8.32. The van der Waals surface area contributed by atoms with E-state index in [1.807, 2.05) is 0 Å². The Morgan fingerprint density at radius 3 is 1.19 bits per heavy atom. The lowest BCUT2D eigenvalue weighted by Gasteiger charge is -2.34. The van der Waals surface area contributed by atoms with Gasteiger partial charge in [-0.1, -0.05) is 48.8 Å². The van der Waals surface area contributed by atoms with E-state index >= 15 is 8.78 Å². The Kier molecular flexibility index (Phi) is 36.7. The molecule has 26 atom stereocenters. The number of terminal acetylenes is 1. The second-order valence-electron chi connectivity index (χ2n) is 28.2. The van der Waals surface area contributed by atoms with Gasteiger partial charge < -0.3 is 158 Å². The van der Waals surface area contributed by atoms with Crippen LogP contribution in [0.5, 0.6) is 0 Å². The van der Waals surface area contributed by atoms with Crippen LogP contribution in [0.1, 0.15) is 65.1 Å². The van der Waals surface area contributed by atoms with Crippen LogP contribution >= 0.6 is 20.2 Å². The third kappa shape index (κ3) is 23.7. The van der Waals surface area contributed by atoms with Gasteiger partial charge in [-0.15, -0.1) is 18.3 Å². The fraction of sp³-hybridized carbons (Fsp3) is 0.500. The fourth-order valence-corrected chi connectivity index (χ4v) is 18.5. The summed E-state index contributed by atoms with van der Waals surface area (Å²) in [5.41, 5.74) is 16.4. The number of alkyl halides is 2. The van der Waals surface area contributed by atoms with Crippen LogP contribution in [0, 0.1) is 36.0 Å². The molecule has 716 valence electrons. The van der Waals surface area contributed by atoms with E-state index in [1.54, 1.807) is 24.5 Å². The van der Waals surface area contributed by atoms with Crippen molar-refractivity contribution in [2.24, 2.45) is 0 Å². The fourth-order valence-electron chi connectivity index (χ4n) is 14.2. The molecule has 0 radical (unpaired) electrons. The zero-order valence-electron chi connectivity index (χ0n) is 69.0. The summed E-state index contributed by atoms with van der Waals surface area (Å²) in [5.74, 6) is 12.9. The Labute approximate surface area is 754 Å². The second-order valence-corrected chi connectivity index (χ2v) is 36.3. The first kappa shape index (κ1) is 105. The first-order chi connectivity index (χ1) is 60.7. The number of halogens is 2. The minimum absolute atomic E-state index is 0. The summed E-state index contributed by atoms with van der Waals surface area (Å²) >= 11 is 15.2. The number of aliphatic hydroxyl groups excluding tert-OH is 6. The van der Waals surface area contributed by atoms with Crippen LogP contribution in [0.15, 0.2) is 121 Å². The number of H-pyrrole nitrogens is 3. The van der Waals surface area contributed by atoms with Crippen molar-refractivity contribution in [3.8, 4) is 36.0 Å². The Bertz CT molecular complexity index is 6150. The average Bonchev–Trinajstić information content (AvgIpc) is 1.64. The highest BCUT2D eigenvalue weighted by atomic mass is 32.7. The number of aromatic amines is 3. The number of rotatable bonds is 30. The average molecular weight is 1960 g/mol. The summed E-state index contributed by atoms with van der Waals surface area (Å²) < 4.78 is 135. The SMILES string of the molecule is C.C#CCO[C@H]1C(OP([O-])(=S)OC[C@H]2O[C@@H](n3cnc4c(N)ccnc43)[C@@H](F)C2O)[C@@H](CO)O[C@H]1n1ccc(=O)[nH]c1=O.CC#CCO[C@H]1C(OP(=O)([S-])OC[C@H]2O[C@@H](n3cnc4c(N)ccnc43)CC2O)[C@@H](CO)O[C@H]1n1ccc(=O)[nH]c1=O.CC#CCO[C@H]1C(OP([O-])(=S)OC[C@H]2O[C@@H](n3cnc4c(N)ccnc43)[C@@H](F)C2O)[C@@H](CO)O[C@H]1n1ccc(=O)[nH]c1=O.[NH4+].[NH4+].[NH4+]. The number of aromatic nitrogens is 15. The number of fused-ring (bicyclic) bond motifs is 3. The summed E-state index contributed by atoms with van der Waals surface area (Å²) in [6.07, 6.45) is -12.9. The maximum atomic E-state index is 15.1. The smallest absolute Gasteiger partial charge is 0.330 e. The van der Waals surface area contributed by atoms with E-state index in [1.165, 1.54) is 65.0 Å². The minimum Gasteiger partial charge on any atom is -0.780 e. The number of hydrogen-bond donors (Lipinski definition) is 15. The van der Waals surface area contributed by atoms with Gasteiger partial charge in [0.1, 0.15) is 141 Å². The molecule has 15 heterocycles. The summed E-state index contributed by atoms with van der Waals surface area (Å²) in [7, 11) is 0. The van der Waals surface area contributed by atoms with Gasteiger partial charge in [-0.3, -0.25) is 61.3 Å². The van der Waals surface area contributed by atoms with Crippen LogP contribution < -0.4 is 79.2 Å². The number of nitrogens with zero attached hydrogens (tertiary/aromatic N) is 12. The minimum atomic E-state index is -4.47. The number of nitrogen functional groups attached to an aromatic ring is 3. The molecule has 0 bridgehead atoms. The summed E-state index contributed by atoms with van der Waals surface area (Å²) in [4.78, 5) is 130. The molecular formula is C72H96F2N21O30P3S3. The molecule has 0 spiro atoms. The molecule has 6 aliphatic rings. The van der Waals surface area contributed by atoms with E-state index in [-0.39, 0.29) is 63.4 Å². The van der Waals surface area contributed by atoms with E-state index in [4.69, 9.17) is 129 Å². The maximum absolute atomic E-state index is 15.1. The predicted molar refractivity (Wildman–Crippen MR) is 463 cm³/mol. The van der Waals surface area contributed by atoms with Crippen molar-refractivity contribution in [2.75, 3.05) is 76.7 Å². The van der Waals surface area contributed by atoms with Crippen molar-refractivity contribution in [3.63, 3.8) is 0 Å². The van der Waals surface area contributed by atoms with Gasteiger partial charge in [0.15, 0.2) is 67.2 Å². The number of imidazole rings is 3. The number of pyridine rings is 3. The highest BCUT2D eigenvalue weighted by Gasteiger charge is 2.54. The van der Waals surface area contributed by atoms with Crippen LogP contribution in [-0.2, 0) is 110 Å². The van der Waals surface area contributed by atoms with E-state index in [0.29, 0.717) is 39.3 Å². The van der Waals surface area contributed by atoms with Gasteiger partial charge in [-0.2, -0.15) is 0 Å². The first-order valence-corrected chi connectivity index (χ1v) is 45.6. The molecule has 0 aliphatic carbocycles. The number of nitrogens with two attached hydrogens (primary N) is 3. The van der Waals surface area contributed by atoms with Gasteiger partial charge >= 0.3 is 17.1 Å². The van der Waals surface area contributed by atoms with Crippen molar-refractivity contribution in [1.82, 2.24) is 90.7 Å². The van der Waals surface area contributed by atoms with E-state index < -0.39 is 235 Å². The molecule has 51 nitrogen and oxygen atoms in total. The molecule has 6 aliphatic heterocycles. The molecule has 0 aromatic carbocycles.